The van der Waals surface area contributed by atoms with E-state index < -0.39 is 12.7 Å². The van der Waals surface area contributed by atoms with Crippen LogP contribution in [0.4, 0.5) is 0 Å². The van der Waals surface area contributed by atoms with E-state index in [1.165, 1.54) is 57.4 Å². The van der Waals surface area contributed by atoms with Gasteiger partial charge in [0.15, 0.2) is 6.79 Å². The third kappa shape index (κ3) is 7.18. The van der Waals surface area contributed by atoms with E-state index in [0.29, 0.717) is 0 Å². The number of hydrogen-bond donors (Lipinski definition) is 2. The van der Waals surface area contributed by atoms with Crippen molar-refractivity contribution in [3.05, 3.63) is 0 Å². The van der Waals surface area contributed by atoms with Crippen LogP contribution in [0.15, 0.2) is 9.98 Å². The number of aliphatic hydroxyl groups excluding tert-OH is 1. The van der Waals surface area contributed by atoms with E-state index in [2.05, 4.69) is 9.98 Å². The van der Waals surface area contributed by atoms with E-state index in [1.807, 2.05) is 0 Å². The molecule has 1 aliphatic rings. The van der Waals surface area contributed by atoms with Gasteiger partial charge in [-0.25, -0.2) is 4.84 Å². The molecule has 0 amide bonds. The molecule has 0 aromatic heterocycles. The first kappa shape index (κ1) is 27.4. The van der Waals surface area contributed by atoms with Crippen molar-refractivity contribution in [3.8, 4) is 0 Å². The van der Waals surface area contributed by atoms with E-state index in [1.54, 1.807) is 0 Å². The average Bonchev–Trinajstić information content (AvgIpc) is 2.76. The van der Waals surface area contributed by atoms with Gasteiger partial charge in [-0.05, 0) is 0 Å². The minimum Gasteiger partial charge on any atom is -0.376 e. The summed E-state index contributed by atoms with van der Waals surface area (Å²) in [6, 6.07) is 0. The van der Waals surface area contributed by atoms with Gasteiger partial charge in [0.2, 0.25) is 11.9 Å². The van der Waals surface area contributed by atoms with Gasteiger partial charge in [0.1, 0.15) is 40.4 Å². The number of methoxy groups -OCH3 is 6. The van der Waals surface area contributed by atoms with Crippen LogP contribution >= 0.6 is 0 Å². The summed E-state index contributed by atoms with van der Waals surface area (Å²) in [7, 11) is 8.73. The Morgan fingerprint density at radius 2 is 1.32 bits per heavy atom. The van der Waals surface area contributed by atoms with Crippen molar-refractivity contribution < 1.29 is 43.5 Å². The maximum atomic E-state index is 11.7. The molecule has 1 aliphatic heterocycles. The summed E-state index contributed by atoms with van der Waals surface area (Å²) in [5.74, 6) is -2.22. The normalized spacial score (nSPS) is 18.9. The molecule has 2 N–H and O–H groups in total. The second-order valence-electron chi connectivity index (χ2n) is 6.10. The van der Waals surface area contributed by atoms with Crippen LogP contribution in [0.3, 0.4) is 0 Å². The maximum Gasteiger partial charge on any atom is 0.335 e. The third-order valence-electron chi connectivity index (χ3n) is 3.79. The molecule has 0 radical (unpaired) electrons. The Kier molecular flexibility index (Phi) is 12.7. The highest BCUT2D eigenvalue weighted by molar-refractivity contribution is 5.96. The molecule has 1 heterocycles. The summed E-state index contributed by atoms with van der Waals surface area (Å²) >= 11 is 0. The number of hydrogen-bond acceptors (Lipinski definition) is 15. The molecule has 0 aromatic carbocycles. The van der Waals surface area contributed by atoms with Crippen LogP contribution in [-0.4, -0.2) is 138 Å². The highest BCUT2D eigenvalue weighted by Crippen LogP contribution is 2.27. The van der Waals surface area contributed by atoms with Gasteiger partial charge < -0.3 is 38.6 Å². The first-order chi connectivity index (χ1) is 15.0. The Morgan fingerprint density at radius 3 is 1.77 bits per heavy atom. The summed E-state index contributed by atoms with van der Waals surface area (Å²) in [4.78, 5) is 18.5. The van der Waals surface area contributed by atoms with E-state index in [4.69, 9.17) is 33.3 Å². The van der Waals surface area contributed by atoms with Gasteiger partial charge in [-0.2, -0.15) is 14.9 Å². The summed E-state index contributed by atoms with van der Waals surface area (Å²) in [6.07, 6.45) is 0. The lowest BCUT2D eigenvalue weighted by Crippen LogP contribution is -2.67. The Morgan fingerprint density at radius 1 is 0.806 bits per heavy atom. The largest absolute Gasteiger partial charge is 0.376 e. The fourth-order valence-electron chi connectivity index (χ4n) is 2.57. The molecule has 182 valence electrons. The number of aliphatic hydroxyl groups is 2. The van der Waals surface area contributed by atoms with E-state index >= 15 is 0 Å². The van der Waals surface area contributed by atoms with Crippen LogP contribution in [0.2, 0.25) is 0 Å². The van der Waals surface area contributed by atoms with Crippen LogP contribution in [-0.2, 0) is 33.3 Å². The molecule has 0 saturated heterocycles. The van der Waals surface area contributed by atoms with Gasteiger partial charge in [-0.15, -0.1) is 5.06 Å². The highest BCUT2D eigenvalue weighted by Gasteiger charge is 2.49. The number of nitrogens with zero attached hydrogens (tertiary/aromatic N) is 6. The quantitative estimate of drug-likeness (QED) is 0.264. The Labute approximate surface area is 181 Å². The van der Waals surface area contributed by atoms with Crippen molar-refractivity contribution in [2.45, 2.75) is 5.97 Å². The van der Waals surface area contributed by atoms with E-state index in [-0.39, 0.29) is 52.4 Å². The first-order valence-corrected chi connectivity index (χ1v) is 9.10. The molecular formula is C16H34N6O9. The number of aliphatic imine (C=N–C) groups is 2. The van der Waals surface area contributed by atoms with Crippen molar-refractivity contribution in [2.24, 2.45) is 9.98 Å². The van der Waals surface area contributed by atoms with Crippen molar-refractivity contribution >= 4 is 11.9 Å². The zero-order valence-corrected chi connectivity index (χ0v) is 18.9. The van der Waals surface area contributed by atoms with Crippen LogP contribution < -0.4 is 0 Å². The zero-order valence-electron chi connectivity index (χ0n) is 18.9. The van der Waals surface area contributed by atoms with Gasteiger partial charge in [0.25, 0.3) is 0 Å². The molecular weight excluding hydrogens is 420 g/mol. The first-order valence-electron chi connectivity index (χ1n) is 9.10. The second kappa shape index (κ2) is 14.4. The molecule has 15 nitrogen and oxygen atoms in total. The lowest BCUT2D eigenvalue weighted by atomic mass is 10.5. The molecule has 0 aromatic rings. The van der Waals surface area contributed by atoms with Gasteiger partial charge in [0.05, 0.1) is 0 Å². The number of rotatable bonds is 15. The van der Waals surface area contributed by atoms with Gasteiger partial charge in [-0.3, -0.25) is 9.80 Å². The smallest absolute Gasteiger partial charge is 0.335 e. The molecule has 0 saturated carbocycles. The fraction of sp³-hybridized carbons (Fsp3) is 0.875. The Balaban J connectivity index is 3.63. The minimum absolute atomic E-state index is 0.0286. The Bertz CT molecular complexity index is 558. The number of ether oxygens (including phenoxy) is 6. The number of hydroxylamine groups is 2. The predicted octanol–water partition coefficient (Wildman–Crippen LogP) is -1.97. The number of guanidine groups is 2. The third-order valence-corrected chi connectivity index (χ3v) is 3.79. The molecule has 0 fully saturated rings. The molecule has 0 bridgehead atoms. The average molecular weight is 454 g/mol. The molecule has 1 rings (SSSR count). The van der Waals surface area contributed by atoms with Crippen LogP contribution in [0.25, 0.3) is 0 Å². The molecule has 0 aliphatic carbocycles. The highest BCUT2D eigenvalue weighted by atomic mass is 16.8. The SMILES string of the molecule is COCON1C(N(COC)COC)=NC(N(CO)COC)=NC1(O)N(COC)COC. The van der Waals surface area contributed by atoms with Crippen LogP contribution in [0.5, 0.6) is 0 Å². The zero-order chi connectivity index (χ0) is 23.3. The van der Waals surface area contributed by atoms with Crippen LogP contribution in [0.1, 0.15) is 0 Å². The van der Waals surface area contributed by atoms with Crippen molar-refractivity contribution in [3.63, 3.8) is 0 Å². The molecule has 0 spiro atoms. The summed E-state index contributed by atoms with van der Waals surface area (Å²) in [5, 5.41) is 22.5. The predicted molar refractivity (Wildman–Crippen MR) is 107 cm³/mol. The second-order valence-corrected chi connectivity index (χ2v) is 6.10. The maximum absolute atomic E-state index is 11.7. The fourth-order valence-corrected chi connectivity index (χ4v) is 2.57. The van der Waals surface area contributed by atoms with Gasteiger partial charge in [-0.1, -0.05) is 0 Å². The Hall–Kier alpha value is -1.66. The lowest BCUT2D eigenvalue weighted by Gasteiger charge is -2.46. The minimum atomic E-state index is -2.22. The molecule has 1 unspecified atom stereocenters. The van der Waals surface area contributed by atoms with E-state index in [0.717, 1.165) is 5.06 Å². The van der Waals surface area contributed by atoms with Gasteiger partial charge in [0, 0.05) is 42.7 Å². The summed E-state index contributed by atoms with van der Waals surface area (Å²) in [5.41, 5.74) is 0. The molecule has 1 atom stereocenters. The summed E-state index contributed by atoms with van der Waals surface area (Å²) in [6.45, 7) is -0.915. The monoisotopic (exact) mass is 454 g/mol. The van der Waals surface area contributed by atoms with Crippen molar-refractivity contribution in [1.82, 2.24) is 19.8 Å². The van der Waals surface area contributed by atoms with E-state index in [9.17, 15) is 10.2 Å². The molecule has 31 heavy (non-hydrogen) atoms. The lowest BCUT2D eigenvalue weighted by molar-refractivity contribution is -0.348. The standard InChI is InChI=1S/C16H34N6O9/c1-25-8-19(7-23)14-17-15(20(9-26-2)10-27-3)22(31-13-30-6)16(24,18-14)21(11-28-4)12-29-5/h23-24H,7-13H2,1-6H3. The topological polar surface area (TPSA) is 143 Å². The van der Waals surface area contributed by atoms with Gasteiger partial charge >= 0.3 is 5.97 Å². The van der Waals surface area contributed by atoms with Crippen molar-refractivity contribution in [1.29, 1.82) is 0 Å². The molecule has 15 heteroatoms. The van der Waals surface area contributed by atoms with Crippen molar-refractivity contribution in [2.75, 3.05) is 89.8 Å². The summed E-state index contributed by atoms with van der Waals surface area (Å²) < 4.78 is 31.0. The van der Waals surface area contributed by atoms with Crippen LogP contribution in [0, 0.1) is 0 Å².